The monoisotopic (exact) mass is 262 g/mol. The number of nitrogens with zero attached hydrogens (tertiary/aromatic N) is 2. The highest BCUT2D eigenvalue weighted by Crippen LogP contribution is 2.34. The van der Waals surface area contributed by atoms with Crippen molar-refractivity contribution < 1.29 is 9.90 Å². The normalized spacial score (nSPS) is 19.8. The van der Waals surface area contributed by atoms with Crippen LogP contribution < -0.4 is 5.56 Å². The predicted octanol–water partition coefficient (Wildman–Crippen LogP) is 2.01. The third kappa shape index (κ3) is 2.41. The Morgan fingerprint density at radius 3 is 2.58 bits per heavy atom. The molecule has 0 aliphatic heterocycles. The van der Waals surface area contributed by atoms with Crippen LogP contribution >= 0.6 is 0 Å². The lowest BCUT2D eigenvalue weighted by atomic mass is 9.99. The van der Waals surface area contributed by atoms with E-state index in [-0.39, 0.29) is 17.0 Å². The van der Waals surface area contributed by atoms with Gasteiger partial charge in [0.1, 0.15) is 5.56 Å². The Labute approximate surface area is 111 Å². The van der Waals surface area contributed by atoms with Crippen LogP contribution in [0.2, 0.25) is 0 Å². The van der Waals surface area contributed by atoms with Gasteiger partial charge in [-0.15, -0.1) is 0 Å². The Kier molecular flexibility index (Phi) is 3.12. The van der Waals surface area contributed by atoms with E-state index in [2.05, 4.69) is 4.98 Å². The SMILES string of the molecule is O=C(O)c1c(C2CCCC2)ncn(CC2CC2)c1=O. The van der Waals surface area contributed by atoms with Gasteiger partial charge < -0.3 is 5.11 Å². The highest BCUT2D eigenvalue weighted by Gasteiger charge is 2.29. The van der Waals surface area contributed by atoms with E-state index in [1.54, 1.807) is 6.33 Å². The number of hydrogen-bond donors (Lipinski definition) is 1. The minimum Gasteiger partial charge on any atom is -0.477 e. The summed E-state index contributed by atoms with van der Waals surface area (Å²) in [4.78, 5) is 28.0. The van der Waals surface area contributed by atoms with Gasteiger partial charge in [-0.3, -0.25) is 9.36 Å². The van der Waals surface area contributed by atoms with Gasteiger partial charge in [-0.1, -0.05) is 12.8 Å². The van der Waals surface area contributed by atoms with Crippen molar-refractivity contribution in [1.29, 1.82) is 0 Å². The average Bonchev–Trinajstić information content (AvgIpc) is 3.02. The molecule has 0 radical (unpaired) electrons. The zero-order chi connectivity index (χ0) is 13.4. The number of aromatic carboxylic acids is 1. The molecule has 1 aromatic rings. The van der Waals surface area contributed by atoms with Crippen molar-refractivity contribution in [2.75, 3.05) is 0 Å². The molecule has 1 N–H and O–H groups in total. The molecule has 1 aromatic heterocycles. The number of aromatic nitrogens is 2. The largest absolute Gasteiger partial charge is 0.477 e. The predicted molar refractivity (Wildman–Crippen MR) is 69.4 cm³/mol. The maximum Gasteiger partial charge on any atom is 0.343 e. The fourth-order valence-electron chi connectivity index (χ4n) is 2.92. The first-order chi connectivity index (χ1) is 9.16. The van der Waals surface area contributed by atoms with E-state index in [1.807, 2.05) is 0 Å². The van der Waals surface area contributed by atoms with E-state index >= 15 is 0 Å². The molecular weight excluding hydrogens is 244 g/mol. The van der Waals surface area contributed by atoms with Gasteiger partial charge >= 0.3 is 5.97 Å². The standard InChI is InChI=1S/C14H18N2O3/c17-13-11(14(18)19)12(10-3-1-2-4-10)15-8-16(13)7-9-5-6-9/h8-10H,1-7H2,(H,18,19). The highest BCUT2D eigenvalue weighted by atomic mass is 16.4. The van der Waals surface area contributed by atoms with Gasteiger partial charge in [0, 0.05) is 12.5 Å². The minimum absolute atomic E-state index is 0.102. The van der Waals surface area contributed by atoms with Crippen LogP contribution in [0.15, 0.2) is 11.1 Å². The van der Waals surface area contributed by atoms with Gasteiger partial charge in [0.05, 0.1) is 12.0 Å². The summed E-state index contributed by atoms with van der Waals surface area (Å²) < 4.78 is 1.47. The van der Waals surface area contributed by atoms with Gasteiger partial charge in [0.2, 0.25) is 0 Å². The molecule has 3 rings (SSSR count). The number of carboxylic acid groups (broad SMARTS) is 1. The number of hydrogen-bond acceptors (Lipinski definition) is 3. The Hall–Kier alpha value is -1.65. The summed E-state index contributed by atoms with van der Waals surface area (Å²) in [6, 6.07) is 0. The molecule has 0 bridgehead atoms. The second-order valence-corrected chi connectivity index (χ2v) is 5.69. The first-order valence-corrected chi connectivity index (χ1v) is 6.99. The van der Waals surface area contributed by atoms with Gasteiger partial charge in [-0.05, 0) is 31.6 Å². The number of carboxylic acids is 1. The van der Waals surface area contributed by atoms with E-state index in [1.165, 1.54) is 4.57 Å². The van der Waals surface area contributed by atoms with E-state index in [0.717, 1.165) is 38.5 Å². The third-order valence-electron chi connectivity index (χ3n) is 4.17. The van der Waals surface area contributed by atoms with E-state index < -0.39 is 5.97 Å². The molecule has 0 amide bonds. The lowest BCUT2D eigenvalue weighted by Gasteiger charge is -2.13. The molecule has 0 aromatic carbocycles. The van der Waals surface area contributed by atoms with Gasteiger partial charge in [-0.25, -0.2) is 9.78 Å². The first-order valence-electron chi connectivity index (χ1n) is 6.99. The second-order valence-electron chi connectivity index (χ2n) is 5.69. The second kappa shape index (κ2) is 4.79. The summed E-state index contributed by atoms with van der Waals surface area (Å²) in [6.45, 7) is 0.608. The average molecular weight is 262 g/mol. The molecule has 0 atom stereocenters. The third-order valence-corrected chi connectivity index (χ3v) is 4.17. The van der Waals surface area contributed by atoms with E-state index in [4.69, 9.17) is 0 Å². The number of carbonyl (C=O) groups is 1. The van der Waals surface area contributed by atoms with Crippen LogP contribution in [0.3, 0.4) is 0 Å². The van der Waals surface area contributed by atoms with Crippen LogP contribution in [-0.4, -0.2) is 20.6 Å². The van der Waals surface area contributed by atoms with Crippen LogP contribution in [0, 0.1) is 5.92 Å². The summed E-state index contributed by atoms with van der Waals surface area (Å²) in [6.07, 6.45) is 7.87. The highest BCUT2D eigenvalue weighted by molar-refractivity contribution is 5.88. The molecule has 1 heterocycles. The maximum atomic E-state index is 12.3. The van der Waals surface area contributed by atoms with Crippen molar-refractivity contribution in [3.63, 3.8) is 0 Å². The molecule has 5 nitrogen and oxygen atoms in total. The molecule has 102 valence electrons. The first kappa shape index (κ1) is 12.4. The minimum atomic E-state index is -1.13. The van der Waals surface area contributed by atoms with Gasteiger partial charge in [0.15, 0.2) is 0 Å². The molecule has 5 heteroatoms. The van der Waals surface area contributed by atoms with Crippen molar-refractivity contribution in [3.05, 3.63) is 27.9 Å². The fraction of sp³-hybridized carbons (Fsp3) is 0.643. The van der Waals surface area contributed by atoms with Crippen molar-refractivity contribution in [2.24, 2.45) is 5.92 Å². The smallest absolute Gasteiger partial charge is 0.343 e. The molecule has 2 fully saturated rings. The summed E-state index contributed by atoms with van der Waals surface area (Å²) in [5, 5.41) is 9.33. The summed E-state index contributed by atoms with van der Waals surface area (Å²) in [5.41, 5.74) is 0.0217. The van der Waals surface area contributed by atoms with Crippen molar-refractivity contribution in [3.8, 4) is 0 Å². The zero-order valence-corrected chi connectivity index (χ0v) is 10.8. The zero-order valence-electron chi connectivity index (χ0n) is 10.8. The summed E-state index contributed by atoms with van der Waals surface area (Å²) in [5.74, 6) is -0.461. The number of rotatable bonds is 4. The van der Waals surface area contributed by atoms with Crippen LogP contribution in [0.1, 0.15) is 60.5 Å². The van der Waals surface area contributed by atoms with Crippen LogP contribution in [0.4, 0.5) is 0 Å². The molecule has 2 saturated carbocycles. The molecule has 0 spiro atoms. The Morgan fingerprint density at radius 1 is 1.32 bits per heavy atom. The Morgan fingerprint density at radius 2 is 2.00 bits per heavy atom. The Bertz CT molecular complexity index is 554. The molecule has 0 saturated heterocycles. The summed E-state index contributed by atoms with van der Waals surface area (Å²) >= 11 is 0. The lowest BCUT2D eigenvalue weighted by molar-refractivity contribution is 0.0691. The van der Waals surface area contributed by atoms with Gasteiger partial charge in [-0.2, -0.15) is 0 Å². The van der Waals surface area contributed by atoms with E-state index in [9.17, 15) is 14.7 Å². The van der Waals surface area contributed by atoms with Crippen molar-refractivity contribution >= 4 is 5.97 Å². The van der Waals surface area contributed by atoms with Crippen LogP contribution in [0.25, 0.3) is 0 Å². The summed E-state index contributed by atoms with van der Waals surface area (Å²) in [7, 11) is 0. The van der Waals surface area contributed by atoms with E-state index in [0.29, 0.717) is 18.2 Å². The topological polar surface area (TPSA) is 72.2 Å². The Balaban J connectivity index is 2.01. The fourth-order valence-corrected chi connectivity index (χ4v) is 2.92. The molecule has 2 aliphatic carbocycles. The molecule has 0 unspecified atom stereocenters. The van der Waals surface area contributed by atoms with Crippen molar-refractivity contribution in [1.82, 2.24) is 9.55 Å². The van der Waals surface area contributed by atoms with Crippen molar-refractivity contribution in [2.45, 2.75) is 51.0 Å². The maximum absolute atomic E-state index is 12.3. The quantitative estimate of drug-likeness (QED) is 0.900. The van der Waals surface area contributed by atoms with Crippen LogP contribution in [-0.2, 0) is 6.54 Å². The lowest BCUT2D eigenvalue weighted by Crippen LogP contribution is -2.30. The van der Waals surface area contributed by atoms with Gasteiger partial charge in [0.25, 0.3) is 5.56 Å². The molecule has 2 aliphatic rings. The molecular formula is C14H18N2O3. The van der Waals surface area contributed by atoms with Crippen LogP contribution in [0.5, 0.6) is 0 Å². The molecule has 19 heavy (non-hydrogen) atoms.